The Bertz CT molecular complexity index is 448. The summed E-state index contributed by atoms with van der Waals surface area (Å²) in [6.07, 6.45) is 4.67. The van der Waals surface area contributed by atoms with Gasteiger partial charge in [-0.2, -0.15) is 0 Å². The maximum Gasteiger partial charge on any atom is 0.0512 e. The van der Waals surface area contributed by atoms with Gasteiger partial charge >= 0.3 is 0 Å². The summed E-state index contributed by atoms with van der Waals surface area (Å²) in [6.45, 7) is 1.68. The highest BCUT2D eigenvalue weighted by molar-refractivity contribution is 6.33. The molecule has 1 saturated heterocycles. The molecule has 2 aliphatic rings. The highest BCUT2D eigenvalue weighted by Gasteiger charge is 2.31. The second kappa shape index (κ2) is 6.01. The molecule has 0 unspecified atom stereocenters. The maximum atomic E-state index is 6.26. The molecule has 1 heterocycles. The van der Waals surface area contributed by atoms with Crippen LogP contribution < -0.4 is 5.32 Å². The van der Waals surface area contributed by atoms with Crippen molar-refractivity contribution in [3.8, 4) is 0 Å². The second-order valence-corrected chi connectivity index (χ2v) is 6.45. The zero-order valence-electron chi connectivity index (χ0n) is 10.9. The lowest BCUT2D eigenvalue weighted by atomic mass is 9.89. The summed E-state index contributed by atoms with van der Waals surface area (Å²) in [7, 11) is 0. The number of rotatable bonds is 4. The predicted octanol–water partition coefficient (Wildman–Crippen LogP) is 3.69. The zero-order chi connectivity index (χ0) is 13.2. The monoisotopic (exact) mass is 299 g/mol. The van der Waals surface area contributed by atoms with Crippen LogP contribution in [-0.4, -0.2) is 25.3 Å². The van der Waals surface area contributed by atoms with Crippen LogP contribution in [0, 0.1) is 5.92 Å². The van der Waals surface area contributed by atoms with E-state index in [9.17, 15) is 0 Å². The SMILES string of the molecule is Clc1ccc(Cl)c(C[C@H]2COCC[C@H]2NC2CC2)c1. The van der Waals surface area contributed by atoms with Gasteiger partial charge in [0.05, 0.1) is 6.61 Å². The summed E-state index contributed by atoms with van der Waals surface area (Å²) in [5.74, 6) is 0.491. The molecule has 2 fully saturated rings. The van der Waals surface area contributed by atoms with Gasteiger partial charge in [-0.05, 0) is 49.4 Å². The Kier molecular flexibility index (Phi) is 4.33. The molecule has 1 aliphatic carbocycles. The molecule has 104 valence electrons. The molecule has 1 aromatic rings. The fourth-order valence-electron chi connectivity index (χ4n) is 2.75. The molecule has 2 nitrogen and oxygen atoms in total. The first-order valence-corrected chi connectivity index (χ1v) is 7.75. The van der Waals surface area contributed by atoms with Crippen molar-refractivity contribution in [2.45, 2.75) is 37.8 Å². The molecule has 19 heavy (non-hydrogen) atoms. The van der Waals surface area contributed by atoms with E-state index in [2.05, 4.69) is 5.32 Å². The number of ether oxygens (including phenoxy) is 1. The lowest BCUT2D eigenvalue weighted by molar-refractivity contribution is 0.0316. The van der Waals surface area contributed by atoms with Gasteiger partial charge in [-0.1, -0.05) is 23.2 Å². The van der Waals surface area contributed by atoms with Crippen LogP contribution in [-0.2, 0) is 11.2 Å². The molecule has 0 radical (unpaired) electrons. The van der Waals surface area contributed by atoms with Crippen LogP contribution in [0.3, 0.4) is 0 Å². The molecule has 2 atom stereocenters. The predicted molar refractivity (Wildman–Crippen MR) is 79.0 cm³/mol. The number of hydrogen-bond acceptors (Lipinski definition) is 2. The third-order valence-corrected chi connectivity index (χ3v) is 4.59. The van der Waals surface area contributed by atoms with E-state index in [4.69, 9.17) is 27.9 Å². The highest BCUT2D eigenvalue weighted by Crippen LogP contribution is 2.29. The van der Waals surface area contributed by atoms with Crippen molar-refractivity contribution >= 4 is 23.2 Å². The van der Waals surface area contributed by atoms with Crippen LogP contribution in [0.1, 0.15) is 24.8 Å². The van der Waals surface area contributed by atoms with Crippen molar-refractivity contribution in [2.24, 2.45) is 5.92 Å². The molecule has 1 aliphatic heterocycles. The minimum atomic E-state index is 0.491. The molecule has 3 rings (SSSR count). The van der Waals surface area contributed by atoms with Crippen molar-refractivity contribution in [1.82, 2.24) is 5.32 Å². The maximum absolute atomic E-state index is 6.26. The van der Waals surface area contributed by atoms with E-state index >= 15 is 0 Å². The first-order valence-electron chi connectivity index (χ1n) is 7.00. The Morgan fingerprint density at radius 2 is 2.05 bits per heavy atom. The summed E-state index contributed by atoms with van der Waals surface area (Å²) in [4.78, 5) is 0. The van der Waals surface area contributed by atoms with Crippen molar-refractivity contribution in [2.75, 3.05) is 13.2 Å². The molecule has 0 aromatic heterocycles. The van der Waals surface area contributed by atoms with Crippen LogP contribution in [0.25, 0.3) is 0 Å². The topological polar surface area (TPSA) is 21.3 Å². The fourth-order valence-corrected chi connectivity index (χ4v) is 3.14. The molecule has 0 spiro atoms. The molecular weight excluding hydrogens is 281 g/mol. The Labute approximate surface area is 124 Å². The summed E-state index contributed by atoms with van der Waals surface area (Å²) >= 11 is 12.3. The summed E-state index contributed by atoms with van der Waals surface area (Å²) in [6, 6.07) is 6.99. The second-order valence-electron chi connectivity index (χ2n) is 5.61. The number of hydrogen-bond donors (Lipinski definition) is 1. The lowest BCUT2D eigenvalue weighted by Gasteiger charge is -2.32. The summed E-state index contributed by atoms with van der Waals surface area (Å²) in [5, 5.41) is 5.30. The van der Waals surface area contributed by atoms with E-state index in [1.165, 1.54) is 12.8 Å². The average molecular weight is 300 g/mol. The lowest BCUT2D eigenvalue weighted by Crippen LogP contribution is -2.44. The molecule has 1 saturated carbocycles. The number of nitrogens with one attached hydrogen (secondary N) is 1. The summed E-state index contributed by atoms with van der Waals surface area (Å²) < 4.78 is 5.64. The van der Waals surface area contributed by atoms with Gasteiger partial charge in [0.15, 0.2) is 0 Å². The van der Waals surface area contributed by atoms with Crippen molar-refractivity contribution < 1.29 is 4.74 Å². The Hall–Kier alpha value is -0.280. The van der Waals surface area contributed by atoms with Crippen LogP contribution in [0.15, 0.2) is 18.2 Å². The van der Waals surface area contributed by atoms with Gasteiger partial charge < -0.3 is 10.1 Å². The van der Waals surface area contributed by atoms with Crippen LogP contribution in [0.5, 0.6) is 0 Å². The third kappa shape index (κ3) is 3.63. The van der Waals surface area contributed by atoms with Gasteiger partial charge in [0.2, 0.25) is 0 Å². The Balaban J connectivity index is 1.69. The molecular formula is C15H19Cl2NO. The Morgan fingerprint density at radius 1 is 1.21 bits per heavy atom. The molecule has 1 N–H and O–H groups in total. The number of halogens is 2. The quantitative estimate of drug-likeness (QED) is 0.915. The van der Waals surface area contributed by atoms with E-state index < -0.39 is 0 Å². The fraction of sp³-hybridized carbons (Fsp3) is 0.600. The van der Waals surface area contributed by atoms with E-state index in [-0.39, 0.29) is 0 Å². The zero-order valence-corrected chi connectivity index (χ0v) is 12.4. The van der Waals surface area contributed by atoms with Gasteiger partial charge in [-0.25, -0.2) is 0 Å². The first kappa shape index (κ1) is 13.7. The van der Waals surface area contributed by atoms with Gasteiger partial charge in [0, 0.05) is 34.7 Å². The van der Waals surface area contributed by atoms with Crippen molar-refractivity contribution in [3.05, 3.63) is 33.8 Å². The molecule has 4 heteroatoms. The van der Waals surface area contributed by atoms with Crippen LogP contribution in [0.2, 0.25) is 10.0 Å². The van der Waals surface area contributed by atoms with Gasteiger partial charge in [0.25, 0.3) is 0 Å². The average Bonchev–Trinajstić information content (AvgIpc) is 3.20. The first-order chi connectivity index (χ1) is 9.22. The van der Waals surface area contributed by atoms with E-state index in [1.54, 1.807) is 0 Å². The van der Waals surface area contributed by atoms with Gasteiger partial charge in [-0.3, -0.25) is 0 Å². The normalized spacial score (nSPS) is 27.5. The standard InChI is InChI=1S/C15H19Cl2NO/c16-12-1-4-14(17)10(8-12)7-11-9-19-6-5-15(11)18-13-2-3-13/h1,4,8,11,13,15,18H,2-3,5-7,9H2/t11-,15+/m0/s1. The van der Waals surface area contributed by atoms with E-state index in [1.807, 2.05) is 18.2 Å². The Morgan fingerprint density at radius 3 is 2.84 bits per heavy atom. The highest BCUT2D eigenvalue weighted by atomic mass is 35.5. The van der Waals surface area contributed by atoms with E-state index in [0.29, 0.717) is 12.0 Å². The third-order valence-electron chi connectivity index (χ3n) is 3.99. The summed E-state index contributed by atoms with van der Waals surface area (Å²) in [5.41, 5.74) is 1.13. The van der Waals surface area contributed by atoms with Crippen LogP contribution in [0.4, 0.5) is 0 Å². The minimum Gasteiger partial charge on any atom is -0.381 e. The molecule has 1 aromatic carbocycles. The van der Waals surface area contributed by atoms with Gasteiger partial charge in [0.1, 0.15) is 0 Å². The largest absolute Gasteiger partial charge is 0.381 e. The van der Waals surface area contributed by atoms with Crippen molar-refractivity contribution in [3.63, 3.8) is 0 Å². The smallest absolute Gasteiger partial charge is 0.0512 e. The molecule has 0 bridgehead atoms. The minimum absolute atomic E-state index is 0.491. The van der Waals surface area contributed by atoms with Crippen LogP contribution >= 0.6 is 23.2 Å². The number of benzene rings is 1. The van der Waals surface area contributed by atoms with Crippen molar-refractivity contribution in [1.29, 1.82) is 0 Å². The molecule has 0 amide bonds. The van der Waals surface area contributed by atoms with Gasteiger partial charge in [-0.15, -0.1) is 0 Å². The van der Waals surface area contributed by atoms with E-state index in [0.717, 1.165) is 47.7 Å².